The summed E-state index contributed by atoms with van der Waals surface area (Å²) in [4.78, 5) is 7.17. The first kappa shape index (κ1) is 15.6. The van der Waals surface area contributed by atoms with Gasteiger partial charge in [0.15, 0.2) is 0 Å². The van der Waals surface area contributed by atoms with E-state index in [9.17, 15) is 0 Å². The molecule has 2 aliphatic rings. The summed E-state index contributed by atoms with van der Waals surface area (Å²) in [6.07, 6.45) is 3.30. The fourth-order valence-electron chi connectivity index (χ4n) is 3.34. The van der Waals surface area contributed by atoms with Crippen molar-refractivity contribution in [3.63, 3.8) is 0 Å². The van der Waals surface area contributed by atoms with E-state index in [-0.39, 0.29) is 0 Å². The second-order valence-corrected chi connectivity index (χ2v) is 6.84. The lowest BCUT2D eigenvalue weighted by Gasteiger charge is -2.38. The predicted octanol–water partition coefficient (Wildman–Crippen LogP) is 5.02. The molecule has 0 bridgehead atoms. The Kier molecular flexibility index (Phi) is 4.09. The summed E-state index contributed by atoms with van der Waals surface area (Å²) < 4.78 is 0. The Morgan fingerprint density at radius 1 is 1.30 bits per heavy atom. The highest BCUT2D eigenvalue weighted by Crippen LogP contribution is 2.40. The third-order valence-corrected chi connectivity index (χ3v) is 4.65. The molecule has 3 heteroatoms. The fraction of sp³-hybridized carbons (Fsp3) is 0.400. The van der Waals surface area contributed by atoms with Crippen LogP contribution in [-0.2, 0) is 0 Å². The van der Waals surface area contributed by atoms with Gasteiger partial charge >= 0.3 is 0 Å². The van der Waals surface area contributed by atoms with Gasteiger partial charge in [0.25, 0.3) is 0 Å². The Hall–Kier alpha value is -2.34. The van der Waals surface area contributed by atoms with Gasteiger partial charge in [0.05, 0.1) is 11.6 Å². The van der Waals surface area contributed by atoms with Gasteiger partial charge in [0.2, 0.25) is 0 Å². The van der Waals surface area contributed by atoms with Crippen molar-refractivity contribution in [2.24, 2.45) is 16.8 Å². The Morgan fingerprint density at radius 3 is 2.61 bits per heavy atom. The quantitative estimate of drug-likeness (QED) is 0.769. The molecule has 23 heavy (non-hydrogen) atoms. The van der Waals surface area contributed by atoms with Gasteiger partial charge in [-0.25, -0.2) is 4.99 Å². The summed E-state index contributed by atoms with van der Waals surface area (Å²) in [5, 5.41) is 9.00. The summed E-state index contributed by atoms with van der Waals surface area (Å²) in [7, 11) is 0. The van der Waals surface area contributed by atoms with E-state index in [1.165, 1.54) is 17.7 Å². The number of allylic oxidation sites excluding steroid dienone is 2. The molecule has 0 fully saturated rings. The van der Waals surface area contributed by atoms with Crippen LogP contribution in [0.3, 0.4) is 0 Å². The van der Waals surface area contributed by atoms with Crippen molar-refractivity contribution in [1.29, 1.82) is 5.26 Å². The summed E-state index contributed by atoms with van der Waals surface area (Å²) in [5.41, 5.74) is 5.28. The Bertz CT molecular complexity index is 729. The molecule has 1 aromatic carbocycles. The molecule has 0 aromatic heterocycles. The van der Waals surface area contributed by atoms with Crippen molar-refractivity contribution in [1.82, 2.24) is 0 Å². The largest absolute Gasteiger partial charge is 0.299 e. The van der Waals surface area contributed by atoms with Crippen molar-refractivity contribution in [2.75, 3.05) is 4.90 Å². The second kappa shape index (κ2) is 6.04. The highest BCUT2D eigenvalue weighted by molar-refractivity contribution is 6.04. The zero-order chi connectivity index (χ0) is 16.6. The van der Waals surface area contributed by atoms with E-state index >= 15 is 0 Å². The molecule has 1 unspecified atom stereocenters. The first-order valence-corrected chi connectivity index (χ1v) is 8.31. The van der Waals surface area contributed by atoms with Gasteiger partial charge in [0.1, 0.15) is 5.84 Å². The van der Waals surface area contributed by atoms with Crippen molar-refractivity contribution in [2.45, 2.75) is 40.0 Å². The molecule has 1 aliphatic carbocycles. The summed E-state index contributed by atoms with van der Waals surface area (Å²) in [6.45, 7) is 11.0. The van der Waals surface area contributed by atoms with Gasteiger partial charge in [-0.05, 0) is 55.0 Å². The second-order valence-electron chi connectivity index (χ2n) is 6.84. The van der Waals surface area contributed by atoms with E-state index in [4.69, 9.17) is 10.3 Å². The van der Waals surface area contributed by atoms with Crippen molar-refractivity contribution in [3.8, 4) is 6.07 Å². The van der Waals surface area contributed by atoms with E-state index in [0.29, 0.717) is 17.4 Å². The van der Waals surface area contributed by atoms with E-state index < -0.39 is 0 Å². The van der Waals surface area contributed by atoms with Gasteiger partial charge in [-0.15, -0.1) is 0 Å². The molecule has 0 amide bonds. The molecule has 0 saturated carbocycles. The standard InChI is InChI=1S/C20H23N3/c1-13(2)20-22-19-11-14(3)5-10-18(19)15(4)23(20)17-8-6-16(12-21)7-9-17/h6-9,13-14H,4-5,10-11H2,1-3H3. The average molecular weight is 305 g/mol. The smallest absolute Gasteiger partial charge is 0.116 e. The van der Waals surface area contributed by atoms with Gasteiger partial charge in [0, 0.05) is 23.0 Å². The molecule has 0 spiro atoms. The lowest BCUT2D eigenvalue weighted by molar-refractivity contribution is 0.492. The number of amidine groups is 1. The van der Waals surface area contributed by atoms with E-state index in [0.717, 1.165) is 30.1 Å². The number of rotatable bonds is 2. The minimum absolute atomic E-state index is 0.314. The SMILES string of the molecule is C=C1C2=C(CC(C)CC2)N=C(C(C)C)N1c1ccc(C#N)cc1. The van der Waals surface area contributed by atoms with E-state index in [1.807, 2.05) is 24.3 Å². The molecule has 0 radical (unpaired) electrons. The van der Waals surface area contributed by atoms with Gasteiger partial charge in [-0.1, -0.05) is 27.4 Å². The van der Waals surface area contributed by atoms with E-state index in [2.05, 4.69) is 38.3 Å². The lowest BCUT2D eigenvalue weighted by atomic mass is 9.85. The maximum Gasteiger partial charge on any atom is 0.116 e. The zero-order valence-corrected chi connectivity index (χ0v) is 14.1. The third kappa shape index (κ3) is 2.82. The molecular formula is C20H23N3. The van der Waals surface area contributed by atoms with Crippen molar-refractivity contribution < 1.29 is 0 Å². The Balaban J connectivity index is 2.04. The third-order valence-electron chi connectivity index (χ3n) is 4.65. The minimum atomic E-state index is 0.314. The normalized spacial score (nSPS) is 21.2. The van der Waals surface area contributed by atoms with Crippen LogP contribution in [-0.4, -0.2) is 5.84 Å². The van der Waals surface area contributed by atoms with Crippen LogP contribution in [0.2, 0.25) is 0 Å². The minimum Gasteiger partial charge on any atom is -0.299 e. The molecule has 1 heterocycles. The monoisotopic (exact) mass is 305 g/mol. The number of anilines is 1. The van der Waals surface area contributed by atoms with Crippen LogP contribution in [0.15, 0.2) is 52.8 Å². The van der Waals surface area contributed by atoms with Crippen LogP contribution in [0.4, 0.5) is 5.69 Å². The molecule has 0 N–H and O–H groups in total. The van der Waals surface area contributed by atoms with Gasteiger partial charge in [-0.3, -0.25) is 4.90 Å². The van der Waals surface area contributed by atoms with Crippen LogP contribution < -0.4 is 4.90 Å². The highest BCUT2D eigenvalue weighted by Gasteiger charge is 2.31. The zero-order valence-electron chi connectivity index (χ0n) is 14.1. The number of hydrogen-bond acceptors (Lipinski definition) is 3. The molecule has 1 aliphatic heterocycles. The number of nitrogens with zero attached hydrogens (tertiary/aromatic N) is 3. The summed E-state index contributed by atoms with van der Waals surface area (Å²) in [5.74, 6) is 2.06. The van der Waals surface area contributed by atoms with Gasteiger partial charge in [-0.2, -0.15) is 5.26 Å². The predicted molar refractivity (Wildman–Crippen MR) is 95.1 cm³/mol. The fourth-order valence-corrected chi connectivity index (χ4v) is 3.34. The van der Waals surface area contributed by atoms with Gasteiger partial charge < -0.3 is 0 Å². The molecule has 1 aromatic rings. The van der Waals surface area contributed by atoms with Crippen LogP contribution in [0.5, 0.6) is 0 Å². The van der Waals surface area contributed by atoms with Crippen molar-refractivity contribution in [3.05, 3.63) is 53.4 Å². The number of hydrogen-bond donors (Lipinski definition) is 0. The Labute approximate surface area is 138 Å². The molecule has 118 valence electrons. The molecule has 1 atom stereocenters. The maximum absolute atomic E-state index is 9.00. The lowest BCUT2D eigenvalue weighted by Crippen LogP contribution is -2.38. The molecule has 3 nitrogen and oxygen atoms in total. The first-order valence-electron chi connectivity index (χ1n) is 8.31. The van der Waals surface area contributed by atoms with Crippen LogP contribution in [0, 0.1) is 23.2 Å². The molecule has 0 saturated heterocycles. The molecular weight excluding hydrogens is 282 g/mol. The summed E-state index contributed by atoms with van der Waals surface area (Å²) >= 11 is 0. The van der Waals surface area contributed by atoms with Crippen molar-refractivity contribution >= 4 is 11.5 Å². The maximum atomic E-state index is 9.00. The van der Waals surface area contributed by atoms with Crippen LogP contribution >= 0.6 is 0 Å². The van der Waals surface area contributed by atoms with Crippen LogP contribution in [0.25, 0.3) is 0 Å². The number of nitriles is 1. The Morgan fingerprint density at radius 2 is 2.00 bits per heavy atom. The van der Waals surface area contributed by atoms with E-state index in [1.54, 1.807) is 0 Å². The highest BCUT2D eigenvalue weighted by atomic mass is 15.2. The first-order chi connectivity index (χ1) is 11.0. The summed E-state index contributed by atoms with van der Waals surface area (Å²) in [6, 6.07) is 9.85. The topological polar surface area (TPSA) is 39.4 Å². The number of benzene rings is 1. The average Bonchev–Trinajstić information content (AvgIpc) is 2.54. The number of aliphatic imine (C=N–C) groups is 1. The molecule has 3 rings (SSSR count). The van der Waals surface area contributed by atoms with Crippen LogP contribution in [0.1, 0.15) is 45.6 Å².